The molecule has 0 aliphatic rings. The van der Waals surface area contributed by atoms with Gasteiger partial charge in [-0.1, -0.05) is 0 Å². The Morgan fingerprint density at radius 2 is 1.23 bits per heavy atom. The molecule has 0 amide bonds. The summed E-state index contributed by atoms with van der Waals surface area (Å²) in [5.41, 5.74) is -3.72. The van der Waals surface area contributed by atoms with Crippen LogP contribution in [0.25, 0.3) is 0 Å². The molecule has 22 heavy (non-hydrogen) atoms. The summed E-state index contributed by atoms with van der Waals surface area (Å²) >= 11 is 7.60. The number of hydrogen-bond donors (Lipinski definition) is 0. The molecule has 0 N–H and O–H groups in total. The van der Waals surface area contributed by atoms with Gasteiger partial charge >= 0.3 is 119 Å². The fourth-order valence-electron chi connectivity index (χ4n) is 2.20. The topological polar surface area (TPSA) is 46.1 Å². The van der Waals surface area contributed by atoms with E-state index in [2.05, 4.69) is 51.8 Å². The molecule has 6 heteroatoms. The van der Waals surface area contributed by atoms with Crippen molar-refractivity contribution in [3.05, 3.63) is 0 Å². The van der Waals surface area contributed by atoms with Gasteiger partial charge in [-0.05, 0) is 0 Å². The summed E-state index contributed by atoms with van der Waals surface area (Å²) in [4.78, 5) is 21.8. The molecule has 0 aromatic rings. The average molecular weight is 449 g/mol. The van der Waals surface area contributed by atoms with Crippen molar-refractivity contribution in [1.29, 1.82) is 0 Å². The van der Waals surface area contributed by atoms with Gasteiger partial charge in [0.15, 0.2) is 0 Å². The van der Waals surface area contributed by atoms with E-state index in [0.29, 0.717) is 18.6 Å². The molecule has 0 aliphatic heterocycles. The van der Waals surface area contributed by atoms with E-state index in [9.17, 15) is 9.79 Å². The van der Waals surface area contributed by atoms with Crippen LogP contribution in [0.1, 0.15) is 79.1 Å². The zero-order valence-electron chi connectivity index (χ0n) is 14.7. The largest absolute Gasteiger partial charge is 0.850 e. The molecule has 0 spiro atoms. The molecule has 2 atom stereocenters. The standard InChI is InChI=1S/2C8H17.Mo.H3O2PS2/c2*1-4-6-7-8(3)5-2;;1-3(2,4)5/h2*8H,3-7H2,1-2H3;;(H3,1,2,4,5)/q;;+3;/p-3. The Morgan fingerprint density at radius 1 is 0.909 bits per heavy atom. The maximum Gasteiger partial charge on any atom is -0.160 e. The van der Waals surface area contributed by atoms with Crippen molar-refractivity contribution < 1.29 is 28.3 Å². The molecule has 0 bridgehead atoms. The van der Waals surface area contributed by atoms with Crippen LogP contribution in [0, 0.1) is 11.8 Å². The minimum Gasteiger partial charge on any atom is -0.850 e. The van der Waals surface area contributed by atoms with Gasteiger partial charge in [-0.25, -0.2) is 0 Å². The fourth-order valence-corrected chi connectivity index (χ4v) is 6.15. The Balaban J connectivity index is 0. The smallest absolute Gasteiger partial charge is 0.160 e. The maximum atomic E-state index is 9.29. The average Bonchev–Trinajstić information content (AvgIpc) is 2.44. The van der Waals surface area contributed by atoms with Crippen LogP contribution >= 0.6 is 5.69 Å². The third-order valence-electron chi connectivity index (χ3n) is 3.79. The maximum absolute atomic E-state index is 9.29. The van der Waals surface area contributed by atoms with Crippen molar-refractivity contribution in [2.75, 3.05) is 0 Å². The Hall–Kier alpha value is 1.61. The molecule has 0 saturated carbocycles. The third-order valence-corrected chi connectivity index (χ3v) is 7.27. The molecule has 0 rings (SSSR count). The molecular weight excluding hydrogens is 415 g/mol. The molecular formula is C16H34MoO2PS2. The predicted molar refractivity (Wildman–Crippen MR) is 97.9 cm³/mol. The second-order valence-corrected chi connectivity index (χ2v) is 12.9. The summed E-state index contributed by atoms with van der Waals surface area (Å²) in [5, 5.41) is 0. The molecule has 0 fully saturated rings. The van der Waals surface area contributed by atoms with Gasteiger partial charge in [-0.15, -0.1) is 0 Å². The van der Waals surface area contributed by atoms with Gasteiger partial charge in [0.05, 0.1) is 0 Å². The summed E-state index contributed by atoms with van der Waals surface area (Å²) in [6.07, 6.45) is 11.5. The van der Waals surface area contributed by atoms with Crippen molar-refractivity contribution in [3.63, 3.8) is 0 Å². The van der Waals surface area contributed by atoms with Crippen LogP contribution in [0.2, 0.25) is 9.62 Å². The van der Waals surface area contributed by atoms with Crippen molar-refractivity contribution in [2.45, 2.75) is 88.7 Å². The molecule has 0 aliphatic carbocycles. The van der Waals surface area contributed by atoms with Crippen LogP contribution in [0.15, 0.2) is 0 Å². The van der Waals surface area contributed by atoms with E-state index in [0.717, 1.165) is 11.8 Å². The van der Waals surface area contributed by atoms with E-state index in [1.165, 1.54) is 51.4 Å². The van der Waals surface area contributed by atoms with Crippen molar-refractivity contribution in [1.82, 2.24) is 0 Å². The molecule has 133 valence electrons. The summed E-state index contributed by atoms with van der Waals surface area (Å²) in [6, 6.07) is 0. The first-order valence-corrected chi connectivity index (χ1v) is 15.1. The van der Waals surface area contributed by atoms with Crippen LogP contribution in [0.4, 0.5) is 0 Å². The zero-order valence-corrected chi connectivity index (χ0v) is 19.2. The zero-order chi connectivity index (χ0) is 17.4. The van der Waals surface area contributed by atoms with E-state index >= 15 is 0 Å². The Labute approximate surface area is 158 Å². The van der Waals surface area contributed by atoms with Crippen LogP contribution in [0.3, 0.4) is 0 Å². The van der Waals surface area contributed by atoms with Crippen LogP contribution in [-0.4, -0.2) is 0 Å². The SMILES string of the molecule is CCCCC(CC)[CH2][Mo+3][CH2]C(CC)CCCC.[O-]P([O-])(=S)[S-]. The third kappa shape index (κ3) is 23.9. The van der Waals surface area contributed by atoms with Crippen molar-refractivity contribution in [3.8, 4) is 0 Å². The van der Waals surface area contributed by atoms with Crippen LogP contribution in [0.5, 0.6) is 0 Å². The normalized spacial score (nSPS) is 13.8. The molecule has 0 aromatic carbocycles. The summed E-state index contributed by atoms with van der Waals surface area (Å²) in [5.74, 6) is 2.14. The second-order valence-electron chi connectivity index (χ2n) is 5.82. The van der Waals surface area contributed by atoms with Crippen LogP contribution in [-0.2, 0) is 42.6 Å². The van der Waals surface area contributed by atoms with Crippen LogP contribution < -0.4 is 9.79 Å². The minimum atomic E-state index is -3.72. The Kier molecular flexibility index (Phi) is 20.5. The quantitative estimate of drug-likeness (QED) is 0.244. The first-order valence-electron chi connectivity index (χ1n) is 8.59. The first kappa shape index (κ1) is 25.8. The summed E-state index contributed by atoms with van der Waals surface area (Å²) < 4.78 is 0. The molecule has 2 nitrogen and oxygen atoms in total. The molecule has 0 aromatic heterocycles. The molecule has 0 saturated heterocycles. The van der Waals surface area contributed by atoms with Gasteiger partial charge in [-0.3, -0.25) is 0 Å². The molecule has 0 radical (unpaired) electrons. The van der Waals surface area contributed by atoms with E-state index in [1.807, 2.05) is 0 Å². The molecule has 0 heterocycles. The fraction of sp³-hybridized carbons (Fsp3) is 1.00. The Morgan fingerprint density at radius 3 is 1.45 bits per heavy atom. The van der Waals surface area contributed by atoms with E-state index in [-0.39, 0.29) is 0 Å². The number of unbranched alkanes of at least 4 members (excludes halogenated alkanes) is 2. The monoisotopic (exact) mass is 451 g/mol. The van der Waals surface area contributed by atoms with Gasteiger partial charge in [0.1, 0.15) is 0 Å². The predicted octanol–water partition coefficient (Wildman–Crippen LogP) is 4.82. The van der Waals surface area contributed by atoms with E-state index < -0.39 is 5.69 Å². The summed E-state index contributed by atoms with van der Waals surface area (Å²) in [6.45, 7) is 9.42. The van der Waals surface area contributed by atoms with Gasteiger partial charge < -0.3 is 27.7 Å². The first-order chi connectivity index (χ1) is 10.3. The van der Waals surface area contributed by atoms with Gasteiger partial charge in [0.2, 0.25) is 0 Å². The van der Waals surface area contributed by atoms with E-state index in [4.69, 9.17) is 0 Å². The summed E-state index contributed by atoms with van der Waals surface area (Å²) in [7, 11) is 0. The Bertz CT molecular complexity index is 251. The second kappa shape index (κ2) is 17.4. The van der Waals surface area contributed by atoms with Gasteiger partial charge in [0.25, 0.3) is 0 Å². The number of hydrogen-bond acceptors (Lipinski definition) is 4. The minimum absolute atomic E-state index is 0.318. The van der Waals surface area contributed by atoms with Gasteiger partial charge in [-0.2, -0.15) is 11.8 Å². The van der Waals surface area contributed by atoms with Crippen molar-refractivity contribution in [2.24, 2.45) is 11.8 Å². The number of rotatable bonds is 12. The molecule has 2 unspecified atom stereocenters. The van der Waals surface area contributed by atoms with E-state index in [1.54, 1.807) is 9.62 Å². The van der Waals surface area contributed by atoms with Gasteiger partial charge in [0, 0.05) is 0 Å². The van der Waals surface area contributed by atoms with Crippen molar-refractivity contribution >= 4 is 29.7 Å².